The van der Waals surface area contributed by atoms with Crippen LogP contribution in [0.3, 0.4) is 0 Å². The molecule has 2 aromatic rings. The van der Waals surface area contributed by atoms with E-state index in [1.807, 2.05) is 13.1 Å². The van der Waals surface area contributed by atoms with Gasteiger partial charge in [0.25, 0.3) is 0 Å². The molecule has 2 amide bonds. The maximum absolute atomic E-state index is 12.9. The number of carbonyl (C=O) groups is 2. The van der Waals surface area contributed by atoms with Crippen LogP contribution in [0, 0.1) is 5.41 Å². The summed E-state index contributed by atoms with van der Waals surface area (Å²) in [5, 5.41) is 0. The van der Waals surface area contributed by atoms with Crippen LogP contribution in [0.1, 0.15) is 56.9 Å². The number of unbranched alkanes of at least 4 members (excludes halogenated alkanes) is 1. The minimum Gasteiger partial charge on any atom is -0.306 e. The van der Waals surface area contributed by atoms with Gasteiger partial charge in [-0.3, -0.25) is 19.3 Å². The normalized spacial score (nSPS) is 18.7. The van der Waals surface area contributed by atoms with Gasteiger partial charge in [-0.1, -0.05) is 36.7 Å². The Balaban J connectivity index is 1.20. The molecular weight excluding hydrogens is 410 g/mol. The molecule has 4 rings (SSSR count). The molecule has 1 aliphatic carbocycles. The average molecular weight is 444 g/mol. The number of hydrogen-bond donors (Lipinski definition) is 0. The molecule has 1 saturated heterocycles. The molecule has 1 saturated carbocycles. The predicted molar refractivity (Wildman–Crippen MR) is 124 cm³/mol. The Hall–Kier alpha value is -1.99. The second-order valence-electron chi connectivity index (χ2n) is 9.36. The highest BCUT2D eigenvalue weighted by molar-refractivity contribution is 7.16. The zero-order chi connectivity index (χ0) is 22.0. The number of thiazole rings is 1. The summed E-state index contributed by atoms with van der Waals surface area (Å²) in [6.45, 7) is 2.46. The molecule has 1 aromatic carbocycles. The number of nitrogens with zero attached hydrogens (tertiary/aromatic N) is 3. The number of rotatable bonds is 8. The van der Waals surface area contributed by atoms with Gasteiger partial charge in [-0.05, 0) is 63.4 Å². The highest BCUT2D eigenvalue weighted by atomic mass is 32.1. The molecule has 1 aromatic heterocycles. The topological polar surface area (TPSA) is 62.6 Å². The van der Waals surface area contributed by atoms with Crippen LogP contribution in [0.25, 0.3) is 10.2 Å². The first-order valence-electron chi connectivity index (χ1n) is 11.5. The van der Waals surface area contributed by atoms with Crippen LogP contribution in [0.15, 0.2) is 23.0 Å². The van der Waals surface area contributed by atoms with Crippen molar-refractivity contribution in [1.29, 1.82) is 0 Å². The van der Waals surface area contributed by atoms with Crippen molar-refractivity contribution >= 4 is 33.4 Å². The van der Waals surface area contributed by atoms with Crippen molar-refractivity contribution < 1.29 is 9.59 Å². The van der Waals surface area contributed by atoms with Gasteiger partial charge in [-0.15, -0.1) is 0 Å². The molecular formula is C24H33N3O3S. The monoisotopic (exact) mass is 443 g/mol. The van der Waals surface area contributed by atoms with Gasteiger partial charge in [-0.2, -0.15) is 0 Å². The lowest BCUT2D eigenvalue weighted by molar-refractivity contribution is -0.142. The maximum Gasteiger partial charge on any atom is 0.307 e. The fraction of sp³-hybridized carbons (Fsp3) is 0.625. The molecule has 1 aliphatic heterocycles. The molecule has 2 aliphatic rings. The molecule has 0 bridgehead atoms. The van der Waals surface area contributed by atoms with Crippen molar-refractivity contribution in [1.82, 2.24) is 14.4 Å². The Kier molecular flexibility index (Phi) is 6.63. The minimum atomic E-state index is -0.361. The molecule has 6 nitrogen and oxygen atoms in total. The summed E-state index contributed by atoms with van der Waals surface area (Å²) in [6, 6.07) is 6.26. The largest absolute Gasteiger partial charge is 0.307 e. The van der Waals surface area contributed by atoms with Crippen LogP contribution in [0.5, 0.6) is 0 Å². The van der Waals surface area contributed by atoms with E-state index in [4.69, 9.17) is 0 Å². The minimum absolute atomic E-state index is 0.0406. The van der Waals surface area contributed by atoms with E-state index in [1.165, 1.54) is 23.3 Å². The first kappa shape index (κ1) is 22.2. The van der Waals surface area contributed by atoms with Crippen molar-refractivity contribution in [3.8, 4) is 0 Å². The summed E-state index contributed by atoms with van der Waals surface area (Å²) in [5.74, 6) is 0.142. The highest BCUT2D eigenvalue weighted by Gasteiger charge is 2.51. The first-order valence-corrected chi connectivity index (χ1v) is 12.3. The Labute approximate surface area is 187 Å². The van der Waals surface area contributed by atoms with E-state index in [1.54, 1.807) is 9.47 Å². The highest BCUT2D eigenvalue weighted by Crippen LogP contribution is 2.45. The van der Waals surface area contributed by atoms with Crippen LogP contribution >= 0.6 is 11.3 Å². The van der Waals surface area contributed by atoms with E-state index in [-0.39, 0.29) is 22.1 Å². The summed E-state index contributed by atoms with van der Waals surface area (Å²) in [6.07, 6.45) is 8.34. The molecule has 1 spiro atoms. The van der Waals surface area contributed by atoms with E-state index >= 15 is 0 Å². The zero-order valence-corrected chi connectivity index (χ0v) is 19.5. The fourth-order valence-electron chi connectivity index (χ4n) is 5.12. The number of imide groups is 1. The number of aryl methyl sites for hydroxylation is 1. The average Bonchev–Trinajstić information content (AvgIpc) is 3.16. The molecule has 7 heteroatoms. The van der Waals surface area contributed by atoms with Crippen molar-refractivity contribution in [2.75, 3.05) is 26.7 Å². The van der Waals surface area contributed by atoms with Crippen molar-refractivity contribution in [2.24, 2.45) is 12.5 Å². The summed E-state index contributed by atoms with van der Waals surface area (Å²) >= 11 is 1.30. The predicted octanol–water partition coefficient (Wildman–Crippen LogP) is 3.56. The third-order valence-corrected chi connectivity index (χ3v) is 8.11. The smallest absolute Gasteiger partial charge is 0.306 e. The molecule has 31 heavy (non-hydrogen) atoms. The van der Waals surface area contributed by atoms with Crippen LogP contribution in [0.2, 0.25) is 0 Å². The number of likely N-dealkylation sites (tertiary alicyclic amines) is 1. The number of benzene rings is 1. The Morgan fingerprint density at radius 2 is 1.84 bits per heavy atom. The first-order chi connectivity index (χ1) is 14.9. The molecule has 2 fully saturated rings. The van der Waals surface area contributed by atoms with Gasteiger partial charge < -0.3 is 9.47 Å². The lowest BCUT2D eigenvalue weighted by atomic mass is 9.73. The number of aromatic nitrogens is 1. The molecule has 0 atom stereocenters. The van der Waals surface area contributed by atoms with Crippen molar-refractivity contribution in [3.05, 3.63) is 33.4 Å². The van der Waals surface area contributed by atoms with E-state index in [0.717, 1.165) is 68.3 Å². The Bertz CT molecular complexity index is 1020. The van der Waals surface area contributed by atoms with Crippen LogP contribution in [0.4, 0.5) is 0 Å². The van der Waals surface area contributed by atoms with E-state index in [2.05, 4.69) is 24.1 Å². The van der Waals surface area contributed by atoms with Crippen LogP contribution in [-0.4, -0.2) is 52.9 Å². The second-order valence-corrected chi connectivity index (χ2v) is 10.4. The van der Waals surface area contributed by atoms with Crippen molar-refractivity contribution in [3.63, 3.8) is 0 Å². The molecule has 168 valence electrons. The van der Waals surface area contributed by atoms with Gasteiger partial charge >= 0.3 is 4.87 Å². The fourth-order valence-corrected chi connectivity index (χ4v) is 6.07. The molecule has 0 radical (unpaired) electrons. The second kappa shape index (κ2) is 9.25. The lowest BCUT2D eigenvalue weighted by Crippen LogP contribution is -2.37. The zero-order valence-electron chi connectivity index (χ0n) is 18.7. The van der Waals surface area contributed by atoms with Gasteiger partial charge in [0.05, 0.1) is 15.6 Å². The van der Waals surface area contributed by atoms with Gasteiger partial charge in [0.1, 0.15) is 0 Å². The maximum atomic E-state index is 12.9. The third kappa shape index (κ3) is 4.62. The number of hydrogen-bond acceptors (Lipinski definition) is 5. The molecule has 2 heterocycles. The number of fused-ring (bicyclic) bond motifs is 1. The Morgan fingerprint density at radius 1 is 1.06 bits per heavy atom. The quantitative estimate of drug-likeness (QED) is 0.462. The number of amides is 2. The van der Waals surface area contributed by atoms with Crippen LogP contribution < -0.4 is 4.87 Å². The van der Waals surface area contributed by atoms with E-state index in [9.17, 15) is 14.4 Å². The molecule has 0 unspecified atom stereocenters. The summed E-state index contributed by atoms with van der Waals surface area (Å²) in [4.78, 5) is 41.0. The number of carbonyl (C=O) groups excluding carboxylic acids is 2. The molecule has 0 N–H and O–H groups in total. The summed E-state index contributed by atoms with van der Waals surface area (Å²) in [5.41, 5.74) is 1.88. The van der Waals surface area contributed by atoms with E-state index in [0.29, 0.717) is 13.0 Å². The van der Waals surface area contributed by atoms with Gasteiger partial charge in [0.15, 0.2) is 0 Å². The van der Waals surface area contributed by atoms with Gasteiger partial charge in [-0.25, -0.2) is 0 Å². The summed E-state index contributed by atoms with van der Waals surface area (Å²) < 4.78 is 2.74. The van der Waals surface area contributed by atoms with Crippen molar-refractivity contribution in [2.45, 2.75) is 57.8 Å². The van der Waals surface area contributed by atoms with Crippen LogP contribution in [-0.2, 0) is 23.1 Å². The standard InChI is InChI=1S/C24H33N3O3S/c1-25(15-10-18-8-9-19-20(16-18)31-23(30)26(19)2)13-6-7-14-27-21(28)17-24(22(27)29)11-4-3-5-12-24/h8-9,16H,3-7,10-15,17H2,1-2H3. The SMILES string of the molecule is CN(CCCCN1C(=O)CC2(CCCCC2)C1=O)CCc1ccc2c(c1)sc(=O)n2C. The summed E-state index contributed by atoms with van der Waals surface area (Å²) in [7, 11) is 3.93. The third-order valence-electron chi connectivity index (χ3n) is 7.11. The van der Waals surface area contributed by atoms with E-state index < -0.39 is 0 Å². The lowest BCUT2D eigenvalue weighted by Gasteiger charge is -2.30. The Morgan fingerprint density at radius 3 is 2.61 bits per heavy atom. The van der Waals surface area contributed by atoms with Gasteiger partial charge in [0.2, 0.25) is 11.8 Å². The van der Waals surface area contributed by atoms with Gasteiger partial charge in [0, 0.05) is 26.6 Å². The number of likely N-dealkylation sites (N-methyl/N-ethyl adjacent to an activating group) is 1.